The SMILES string of the molecule is COc1cc(C(=O)N2CCCO2)cc(NC(=O)C2(C)CCCCO2)c1OC. The topological polar surface area (TPSA) is 86.3 Å². The van der Waals surface area contributed by atoms with E-state index in [1.807, 2.05) is 0 Å². The zero-order valence-electron chi connectivity index (χ0n) is 16.0. The quantitative estimate of drug-likeness (QED) is 0.847. The second-order valence-electron chi connectivity index (χ2n) is 6.84. The Kier molecular flexibility index (Phi) is 5.86. The number of nitrogens with zero attached hydrogens (tertiary/aromatic N) is 1. The molecule has 0 radical (unpaired) electrons. The molecule has 148 valence electrons. The molecule has 2 heterocycles. The molecule has 1 N–H and O–H groups in total. The van der Waals surface area contributed by atoms with Gasteiger partial charge in [0.2, 0.25) is 0 Å². The van der Waals surface area contributed by atoms with Crippen molar-refractivity contribution in [3.8, 4) is 11.5 Å². The summed E-state index contributed by atoms with van der Waals surface area (Å²) >= 11 is 0. The molecule has 0 bridgehead atoms. The van der Waals surface area contributed by atoms with Crippen LogP contribution in [0.2, 0.25) is 0 Å². The number of methoxy groups -OCH3 is 2. The molecule has 1 aromatic rings. The van der Waals surface area contributed by atoms with Gasteiger partial charge in [-0.25, -0.2) is 5.06 Å². The highest BCUT2D eigenvalue weighted by Gasteiger charge is 2.37. The lowest BCUT2D eigenvalue weighted by Crippen LogP contribution is -2.45. The Morgan fingerprint density at radius 2 is 1.96 bits per heavy atom. The van der Waals surface area contributed by atoms with E-state index < -0.39 is 5.60 Å². The van der Waals surface area contributed by atoms with Gasteiger partial charge in [-0.05, 0) is 44.7 Å². The molecule has 3 rings (SSSR count). The molecule has 27 heavy (non-hydrogen) atoms. The summed E-state index contributed by atoms with van der Waals surface area (Å²) < 4.78 is 16.5. The standard InChI is InChI=1S/C19H26N2O6/c1-19(7-4-5-9-26-19)18(23)20-14-11-13(12-15(24-2)16(14)25-3)17(22)21-8-6-10-27-21/h11-12H,4-10H2,1-3H3,(H,20,23). The van der Waals surface area contributed by atoms with E-state index in [-0.39, 0.29) is 11.8 Å². The van der Waals surface area contributed by atoms with E-state index in [9.17, 15) is 9.59 Å². The monoisotopic (exact) mass is 378 g/mol. The summed E-state index contributed by atoms with van der Waals surface area (Å²) in [5.74, 6) is 0.144. The zero-order valence-corrected chi connectivity index (χ0v) is 16.0. The van der Waals surface area contributed by atoms with Crippen LogP contribution in [0.15, 0.2) is 12.1 Å². The molecule has 2 fully saturated rings. The Hall–Kier alpha value is -2.32. The van der Waals surface area contributed by atoms with Crippen molar-refractivity contribution in [2.45, 2.75) is 38.2 Å². The Morgan fingerprint density at radius 3 is 2.56 bits per heavy atom. The first-order valence-electron chi connectivity index (χ1n) is 9.15. The molecule has 0 spiro atoms. The van der Waals surface area contributed by atoms with Crippen LogP contribution in [0.5, 0.6) is 11.5 Å². The normalized spacial score (nSPS) is 22.4. The largest absolute Gasteiger partial charge is 0.493 e. The third-order valence-corrected chi connectivity index (χ3v) is 4.90. The summed E-state index contributed by atoms with van der Waals surface area (Å²) in [6, 6.07) is 3.16. The fraction of sp³-hybridized carbons (Fsp3) is 0.579. The van der Waals surface area contributed by atoms with Crippen LogP contribution in [-0.2, 0) is 14.4 Å². The molecule has 1 unspecified atom stereocenters. The Bertz CT molecular complexity index is 708. The lowest BCUT2D eigenvalue weighted by Gasteiger charge is -2.32. The van der Waals surface area contributed by atoms with E-state index in [0.29, 0.717) is 48.9 Å². The van der Waals surface area contributed by atoms with Crippen molar-refractivity contribution < 1.29 is 28.6 Å². The highest BCUT2D eigenvalue weighted by Crippen LogP contribution is 2.38. The molecular weight excluding hydrogens is 352 g/mol. The van der Waals surface area contributed by atoms with Gasteiger partial charge in [-0.1, -0.05) is 0 Å². The van der Waals surface area contributed by atoms with Gasteiger partial charge < -0.3 is 19.5 Å². The lowest BCUT2D eigenvalue weighted by molar-refractivity contribution is -0.144. The van der Waals surface area contributed by atoms with E-state index in [4.69, 9.17) is 19.0 Å². The molecule has 2 aliphatic rings. The first kappa shape index (κ1) is 19.4. The van der Waals surface area contributed by atoms with Crippen molar-refractivity contribution in [1.82, 2.24) is 5.06 Å². The smallest absolute Gasteiger partial charge is 0.277 e. The highest BCUT2D eigenvalue weighted by atomic mass is 16.7. The summed E-state index contributed by atoms with van der Waals surface area (Å²) in [4.78, 5) is 30.9. The van der Waals surface area contributed by atoms with Gasteiger partial charge in [0.25, 0.3) is 11.8 Å². The number of hydrogen-bond donors (Lipinski definition) is 1. The maximum Gasteiger partial charge on any atom is 0.277 e. The number of carbonyl (C=O) groups excluding carboxylic acids is 2. The number of ether oxygens (including phenoxy) is 3. The van der Waals surface area contributed by atoms with Crippen molar-refractivity contribution in [2.24, 2.45) is 0 Å². The number of carbonyl (C=O) groups is 2. The summed E-state index contributed by atoms with van der Waals surface area (Å²) in [5, 5.41) is 4.17. The zero-order chi connectivity index (χ0) is 19.4. The molecule has 0 saturated carbocycles. The van der Waals surface area contributed by atoms with Gasteiger partial charge in [-0.15, -0.1) is 0 Å². The van der Waals surface area contributed by atoms with E-state index in [1.165, 1.54) is 19.3 Å². The summed E-state index contributed by atoms with van der Waals surface area (Å²) in [6.45, 7) is 3.37. The molecule has 0 aromatic heterocycles. The van der Waals surface area contributed by atoms with Crippen LogP contribution >= 0.6 is 0 Å². The summed E-state index contributed by atoms with van der Waals surface area (Å²) in [6.07, 6.45) is 3.30. The first-order chi connectivity index (χ1) is 13.0. The van der Waals surface area contributed by atoms with E-state index >= 15 is 0 Å². The molecule has 8 nitrogen and oxygen atoms in total. The molecular formula is C19H26N2O6. The number of benzene rings is 1. The number of amides is 2. The minimum absolute atomic E-state index is 0.274. The minimum atomic E-state index is -0.908. The van der Waals surface area contributed by atoms with Crippen LogP contribution in [0.1, 0.15) is 43.0 Å². The fourth-order valence-corrected chi connectivity index (χ4v) is 3.30. The van der Waals surface area contributed by atoms with E-state index in [1.54, 1.807) is 19.1 Å². The second kappa shape index (κ2) is 8.14. The third-order valence-electron chi connectivity index (χ3n) is 4.90. The van der Waals surface area contributed by atoms with Crippen LogP contribution in [0, 0.1) is 0 Å². The van der Waals surface area contributed by atoms with Gasteiger partial charge in [0.1, 0.15) is 5.60 Å². The number of nitrogens with one attached hydrogen (secondary N) is 1. The Balaban J connectivity index is 1.91. The van der Waals surface area contributed by atoms with Gasteiger partial charge in [-0.2, -0.15) is 0 Å². The van der Waals surface area contributed by atoms with Crippen molar-refractivity contribution >= 4 is 17.5 Å². The molecule has 1 atom stereocenters. The minimum Gasteiger partial charge on any atom is -0.493 e. The molecule has 2 aliphatic heterocycles. The summed E-state index contributed by atoms with van der Waals surface area (Å²) in [7, 11) is 2.97. The second-order valence-corrected chi connectivity index (χ2v) is 6.84. The van der Waals surface area contributed by atoms with Crippen LogP contribution < -0.4 is 14.8 Å². The van der Waals surface area contributed by atoms with E-state index in [2.05, 4.69) is 5.32 Å². The van der Waals surface area contributed by atoms with Gasteiger partial charge in [0, 0.05) is 12.2 Å². The van der Waals surface area contributed by atoms with Gasteiger partial charge in [-0.3, -0.25) is 14.4 Å². The van der Waals surface area contributed by atoms with Gasteiger partial charge in [0.05, 0.1) is 33.1 Å². The Morgan fingerprint density at radius 1 is 1.15 bits per heavy atom. The van der Waals surface area contributed by atoms with Crippen molar-refractivity contribution in [1.29, 1.82) is 0 Å². The first-order valence-corrected chi connectivity index (χ1v) is 9.15. The highest BCUT2D eigenvalue weighted by molar-refractivity contribution is 6.01. The van der Waals surface area contributed by atoms with Crippen LogP contribution in [0.4, 0.5) is 5.69 Å². The van der Waals surface area contributed by atoms with E-state index in [0.717, 1.165) is 19.3 Å². The molecule has 0 aliphatic carbocycles. The lowest BCUT2D eigenvalue weighted by atomic mass is 9.95. The maximum atomic E-state index is 12.8. The van der Waals surface area contributed by atoms with Crippen molar-refractivity contribution in [2.75, 3.05) is 39.3 Å². The predicted octanol–water partition coefficient (Wildman–Crippen LogP) is 2.38. The number of rotatable bonds is 5. The average Bonchev–Trinajstić information content (AvgIpc) is 3.22. The van der Waals surface area contributed by atoms with Crippen LogP contribution in [0.3, 0.4) is 0 Å². The number of anilines is 1. The van der Waals surface area contributed by atoms with Crippen LogP contribution in [-0.4, -0.2) is 56.5 Å². The maximum absolute atomic E-state index is 12.8. The van der Waals surface area contributed by atoms with Crippen molar-refractivity contribution in [3.63, 3.8) is 0 Å². The molecule has 1 aromatic carbocycles. The fourth-order valence-electron chi connectivity index (χ4n) is 3.30. The summed E-state index contributed by atoms with van der Waals surface area (Å²) in [5.41, 5.74) is -0.200. The molecule has 2 amide bonds. The van der Waals surface area contributed by atoms with Gasteiger partial charge >= 0.3 is 0 Å². The predicted molar refractivity (Wildman–Crippen MR) is 98.0 cm³/mol. The van der Waals surface area contributed by atoms with Crippen molar-refractivity contribution in [3.05, 3.63) is 17.7 Å². The number of hydroxylamine groups is 2. The third kappa shape index (κ3) is 4.01. The Labute approximate surface area is 158 Å². The van der Waals surface area contributed by atoms with Gasteiger partial charge in [0.15, 0.2) is 11.5 Å². The van der Waals surface area contributed by atoms with Crippen LogP contribution in [0.25, 0.3) is 0 Å². The molecule has 8 heteroatoms. The average molecular weight is 378 g/mol. The number of hydrogen-bond acceptors (Lipinski definition) is 6. The molecule has 2 saturated heterocycles.